The van der Waals surface area contributed by atoms with E-state index in [4.69, 9.17) is 0 Å². The summed E-state index contributed by atoms with van der Waals surface area (Å²) in [4.78, 5) is 0. The summed E-state index contributed by atoms with van der Waals surface area (Å²) in [5.74, 6) is 1.54. The van der Waals surface area contributed by atoms with E-state index >= 15 is 0 Å². The van der Waals surface area contributed by atoms with E-state index in [-0.39, 0.29) is 21.7 Å². The van der Waals surface area contributed by atoms with Crippen LogP contribution in [0.2, 0.25) is 0 Å². The summed E-state index contributed by atoms with van der Waals surface area (Å²) in [6, 6.07) is 17.4. The van der Waals surface area contributed by atoms with Gasteiger partial charge in [-0.05, 0) is 165 Å². The normalized spacial score (nSPS) is 15.6. The van der Waals surface area contributed by atoms with Gasteiger partial charge in [-0.1, -0.05) is 132 Å². The van der Waals surface area contributed by atoms with E-state index in [9.17, 15) is 20.4 Å². The van der Waals surface area contributed by atoms with Crippen LogP contribution in [-0.4, -0.2) is 20.4 Å². The highest BCUT2D eigenvalue weighted by molar-refractivity contribution is 5.50. The zero-order valence-electron chi connectivity index (χ0n) is 36.9. The Morgan fingerprint density at radius 3 is 0.500 bits per heavy atom. The molecule has 304 valence electrons. The first kappa shape index (κ1) is 43.2. The number of rotatable bonds is 0. The number of phenolic OH excluding ortho intramolecular Hbond substituents is 4. The summed E-state index contributed by atoms with van der Waals surface area (Å²) in [5, 5.41) is 46.9. The van der Waals surface area contributed by atoms with Crippen molar-refractivity contribution in [3.05, 3.63) is 115 Å². The van der Waals surface area contributed by atoms with Crippen LogP contribution in [-0.2, 0) is 73.0 Å². The summed E-state index contributed by atoms with van der Waals surface area (Å²) in [6.45, 7) is 26.7. The Bertz CT molecular complexity index is 1630. The SMILES string of the molecule is CC(C)(C)c1cc2c(O)c(c1)CCCc1cc(C(C)(C)C)cc(c1O)CCCc1cc(C(C)(C)C)cc(c1O)CCCc1cc(C(C)(C)C)cc(c1O)CCC2. The van der Waals surface area contributed by atoms with Gasteiger partial charge in [-0.15, -0.1) is 0 Å². The van der Waals surface area contributed by atoms with Crippen LogP contribution in [0.4, 0.5) is 0 Å². The highest BCUT2D eigenvalue weighted by Crippen LogP contribution is 2.39. The van der Waals surface area contributed by atoms with Crippen LogP contribution in [0.1, 0.15) is 176 Å². The molecule has 0 aromatic heterocycles. The third-order valence-electron chi connectivity index (χ3n) is 12.1. The third kappa shape index (κ3) is 10.3. The largest absolute Gasteiger partial charge is 0.507 e. The van der Waals surface area contributed by atoms with Gasteiger partial charge < -0.3 is 20.4 Å². The van der Waals surface area contributed by atoms with Crippen LogP contribution in [0.3, 0.4) is 0 Å². The molecule has 4 aromatic rings. The molecule has 1 aliphatic carbocycles. The fourth-order valence-electron chi connectivity index (χ4n) is 8.17. The van der Waals surface area contributed by atoms with E-state index in [1.54, 1.807) is 0 Å². The maximum Gasteiger partial charge on any atom is 0.121 e. The Labute approximate surface area is 339 Å². The molecule has 1 aliphatic rings. The summed E-state index contributed by atoms with van der Waals surface area (Å²) < 4.78 is 0. The highest BCUT2D eigenvalue weighted by atomic mass is 16.3. The lowest BCUT2D eigenvalue weighted by Crippen LogP contribution is -2.14. The first-order valence-corrected chi connectivity index (χ1v) is 21.3. The van der Waals surface area contributed by atoms with Crippen molar-refractivity contribution in [2.45, 2.75) is 182 Å². The molecule has 0 unspecified atom stereocenters. The smallest absolute Gasteiger partial charge is 0.121 e. The third-order valence-corrected chi connectivity index (χ3v) is 12.1. The predicted molar refractivity (Wildman–Crippen MR) is 235 cm³/mol. The number of aromatic hydroxyl groups is 4. The Hall–Kier alpha value is -3.92. The van der Waals surface area contributed by atoms with Gasteiger partial charge >= 0.3 is 0 Å². The van der Waals surface area contributed by atoms with Crippen molar-refractivity contribution in [1.29, 1.82) is 0 Å². The molecular weight excluding hydrogens is 689 g/mol. The Kier molecular flexibility index (Phi) is 12.7. The minimum Gasteiger partial charge on any atom is -0.507 e. The number of benzene rings is 4. The van der Waals surface area contributed by atoms with Crippen LogP contribution in [0.15, 0.2) is 48.5 Å². The lowest BCUT2D eigenvalue weighted by molar-refractivity contribution is 0.450. The molecule has 0 atom stereocenters. The molecule has 0 spiro atoms. The zero-order chi connectivity index (χ0) is 41.4. The monoisotopic (exact) mass is 761 g/mol. The second kappa shape index (κ2) is 16.5. The molecular formula is C52H72O4. The topological polar surface area (TPSA) is 80.9 Å². The van der Waals surface area contributed by atoms with E-state index in [1.807, 2.05) is 0 Å². The number of hydrogen-bond donors (Lipinski definition) is 4. The van der Waals surface area contributed by atoms with Crippen LogP contribution < -0.4 is 0 Å². The van der Waals surface area contributed by atoms with E-state index in [1.165, 1.54) is 22.3 Å². The number of phenols is 4. The summed E-state index contributed by atoms with van der Waals surface area (Å²) in [5.41, 5.74) is 12.3. The molecule has 0 fully saturated rings. The van der Waals surface area contributed by atoms with Gasteiger partial charge in [-0.2, -0.15) is 0 Å². The summed E-state index contributed by atoms with van der Waals surface area (Å²) >= 11 is 0. The van der Waals surface area contributed by atoms with Crippen LogP contribution in [0.25, 0.3) is 0 Å². The minimum atomic E-state index is -0.0757. The molecule has 0 saturated carbocycles. The van der Waals surface area contributed by atoms with Gasteiger partial charge in [-0.3, -0.25) is 0 Å². The highest BCUT2D eigenvalue weighted by Gasteiger charge is 2.24. The van der Waals surface area contributed by atoms with E-state index < -0.39 is 0 Å². The van der Waals surface area contributed by atoms with Crippen molar-refractivity contribution in [1.82, 2.24) is 0 Å². The van der Waals surface area contributed by atoms with Crippen molar-refractivity contribution >= 4 is 0 Å². The Morgan fingerprint density at radius 1 is 0.268 bits per heavy atom. The quantitative estimate of drug-likeness (QED) is 0.144. The van der Waals surface area contributed by atoms with Gasteiger partial charge in [0.2, 0.25) is 0 Å². The van der Waals surface area contributed by atoms with Gasteiger partial charge in [0.05, 0.1) is 0 Å². The summed E-state index contributed by atoms with van der Waals surface area (Å²) in [6.07, 6.45) is 8.87. The average molecular weight is 761 g/mol. The standard InChI is InChI=1S/C52H72O4/c1-49(2,3)41-25-33-17-13-19-35-27-42(50(4,5)6)29-37(46(35)54)21-15-23-39-31-44(52(10,11)12)32-40(48(39)56)24-16-22-38-30-43(51(7,8)9)28-36(47(38)55)20-14-18-34(26-41)45(33)53/h25-32,53-56H,13-24H2,1-12H3. The zero-order valence-corrected chi connectivity index (χ0v) is 36.9. The van der Waals surface area contributed by atoms with Gasteiger partial charge in [0.25, 0.3) is 0 Å². The van der Waals surface area contributed by atoms with Gasteiger partial charge in [0.1, 0.15) is 23.0 Å². The maximum atomic E-state index is 11.7. The maximum absolute atomic E-state index is 11.7. The fourth-order valence-corrected chi connectivity index (χ4v) is 8.17. The molecule has 0 aliphatic heterocycles. The first-order valence-electron chi connectivity index (χ1n) is 21.3. The molecule has 0 radical (unpaired) electrons. The molecule has 0 heterocycles. The molecule has 5 rings (SSSR count). The van der Waals surface area contributed by atoms with E-state index in [2.05, 4.69) is 132 Å². The molecule has 8 bridgehead atoms. The average Bonchev–Trinajstić information content (AvgIpc) is 3.07. The Morgan fingerprint density at radius 2 is 0.393 bits per heavy atom. The predicted octanol–water partition coefficient (Wildman–Crippen LogP) is 12.7. The Balaban J connectivity index is 1.58. The fraction of sp³-hybridized carbons (Fsp3) is 0.538. The number of hydrogen-bond acceptors (Lipinski definition) is 4. The van der Waals surface area contributed by atoms with Gasteiger partial charge in [0, 0.05) is 0 Å². The lowest BCUT2D eigenvalue weighted by Gasteiger charge is -2.24. The van der Waals surface area contributed by atoms with Crippen molar-refractivity contribution in [2.75, 3.05) is 0 Å². The van der Waals surface area contributed by atoms with Crippen molar-refractivity contribution in [3.8, 4) is 23.0 Å². The molecule has 4 nitrogen and oxygen atoms in total. The van der Waals surface area contributed by atoms with Crippen LogP contribution >= 0.6 is 0 Å². The molecule has 4 N–H and O–H groups in total. The van der Waals surface area contributed by atoms with Crippen LogP contribution in [0, 0.1) is 0 Å². The molecule has 0 saturated heterocycles. The second-order valence-corrected chi connectivity index (χ2v) is 21.0. The molecule has 4 heteroatoms. The molecule has 0 amide bonds. The minimum absolute atomic E-state index is 0.0757. The van der Waals surface area contributed by atoms with Gasteiger partial charge in [0.15, 0.2) is 0 Å². The van der Waals surface area contributed by atoms with Crippen molar-refractivity contribution < 1.29 is 20.4 Å². The van der Waals surface area contributed by atoms with Gasteiger partial charge in [-0.25, -0.2) is 0 Å². The van der Waals surface area contributed by atoms with E-state index in [0.717, 1.165) is 70.2 Å². The van der Waals surface area contributed by atoms with E-state index in [0.29, 0.717) is 74.4 Å². The number of fused-ring (bicyclic) bond motifs is 8. The van der Waals surface area contributed by atoms with Crippen molar-refractivity contribution in [3.63, 3.8) is 0 Å². The van der Waals surface area contributed by atoms with Crippen LogP contribution in [0.5, 0.6) is 23.0 Å². The lowest BCUT2D eigenvalue weighted by atomic mass is 9.81. The molecule has 56 heavy (non-hydrogen) atoms. The summed E-state index contributed by atoms with van der Waals surface area (Å²) in [7, 11) is 0. The molecule has 4 aromatic carbocycles. The number of aryl methyl sites for hydroxylation is 8. The second-order valence-electron chi connectivity index (χ2n) is 21.0. The van der Waals surface area contributed by atoms with Crippen molar-refractivity contribution in [2.24, 2.45) is 0 Å². The first-order chi connectivity index (χ1) is 25.9.